The number of thiophene rings is 1. The molecule has 0 saturated carbocycles. The molecule has 0 bridgehead atoms. The summed E-state index contributed by atoms with van der Waals surface area (Å²) in [6.07, 6.45) is 4.53. The summed E-state index contributed by atoms with van der Waals surface area (Å²) in [5, 5.41) is 3.79. The fourth-order valence-corrected chi connectivity index (χ4v) is 3.98. The van der Waals surface area contributed by atoms with Crippen molar-refractivity contribution >= 4 is 28.2 Å². The minimum absolute atomic E-state index is 0.0712. The van der Waals surface area contributed by atoms with E-state index in [1.807, 2.05) is 6.07 Å². The van der Waals surface area contributed by atoms with Crippen molar-refractivity contribution in [3.05, 3.63) is 16.5 Å². The van der Waals surface area contributed by atoms with Crippen molar-refractivity contribution in [3.63, 3.8) is 0 Å². The highest BCUT2D eigenvalue weighted by molar-refractivity contribution is 7.18. The number of nitrogens with one attached hydrogen (secondary N) is 1. The largest absolute Gasteiger partial charge is 0.363 e. The molecular weight excluding hydrogens is 298 g/mol. The van der Waals surface area contributed by atoms with Gasteiger partial charge in [-0.3, -0.25) is 9.59 Å². The van der Waals surface area contributed by atoms with Gasteiger partial charge < -0.3 is 15.1 Å². The lowest BCUT2D eigenvalue weighted by atomic mass is 10.1. The third kappa shape index (κ3) is 3.80. The average Bonchev–Trinajstić information content (AvgIpc) is 2.84. The number of anilines is 1. The van der Waals surface area contributed by atoms with E-state index in [2.05, 4.69) is 17.1 Å². The van der Waals surface area contributed by atoms with Crippen LogP contribution in [0.3, 0.4) is 0 Å². The zero-order valence-corrected chi connectivity index (χ0v) is 14.5. The van der Waals surface area contributed by atoms with E-state index in [1.165, 1.54) is 28.3 Å². The van der Waals surface area contributed by atoms with Crippen molar-refractivity contribution in [2.75, 3.05) is 38.6 Å². The van der Waals surface area contributed by atoms with E-state index in [0.717, 1.165) is 30.8 Å². The highest BCUT2D eigenvalue weighted by Crippen LogP contribution is 2.35. The van der Waals surface area contributed by atoms with Crippen LogP contribution in [-0.2, 0) is 11.2 Å². The van der Waals surface area contributed by atoms with Crippen LogP contribution in [0.15, 0.2) is 6.07 Å². The molecule has 0 fully saturated rings. The maximum absolute atomic E-state index is 12.5. The van der Waals surface area contributed by atoms with Crippen LogP contribution >= 0.6 is 11.3 Å². The van der Waals surface area contributed by atoms with E-state index in [-0.39, 0.29) is 18.4 Å². The minimum Gasteiger partial charge on any atom is -0.363 e. The highest BCUT2D eigenvalue weighted by atomic mass is 32.1. The molecule has 1 N–H and O–H groups in total. The molecule has 5 nitrogen and oxygen atoms in total. The van der Waals surface area contributed by atoms with Crippen LogP contribution in [0.4, 0.5) is 5.00 Å². The number of aryl methyl sites for hydroxylation is 1. The lowest BCUT2D eigenvalue weighted by molar-refractivity contribution is -0.121. The molecule has 0 unspecified atom stereocenters. The van der Waals surface area contributed by atoms with Gasteiger partial charge in [-0.1, -0.05) is 6.92 Å². The van der Waals surface area contributed by atoms with Gasteiger partial charge >= 0.3 is 0 Å². The zero-order chi connectivity index (χ0) is 16.1. The molecule has 2 amide bonds. The number of likely N-dealkylation sites (N-methyl/N-ethyl adjacent to an activating group) is 2. The third-order valence-corrected chi connectivity index (χ3v) is 5.13. The standard InChI is InChI=1S/C16H25N3O2S/c1-4-8-19-9-6-5-7-12-10-13(22-16(12)19)15(21)18(3)11-14(20)17-2/h10H,4-9,11H2,1-3H3,(H,17,20). The van der Waals surface area contributed by atoms with E-state index in [0.29, 0.717) is 0 Å². The molecule has 1 aromatic heterocycles. The first kappa shape index (κ1) is 16.8. The van der Waals surface area contributed by atoms with Gasteiger partial charge in [0, 0.05) is 27.2 Å². The van der Waals surface area contributed by atoms with Gasteiger partial charge in [0.15, 0.2) is 0 Å². The molecule has 0 atom stereocenters. The van der Waals surface area contributed by atoms with Gasteiger partial charge in [0.1, 0.15) is 0 Å². The number of fused-ring (bicyclic) bond motifs is 1. The lowest BCUT2D eigenvalue weighted by Gasteiger charge is -2.21. The summed E-state index contributed by atoms with van der Waals surface area (Å²) < 4.78 is 0. The summed E-state index contributed by atoms with van der Waals surface area (Å²) in [4.78, 5) is 28.5. The van der Waals surface area contributed by atoms with Crippen molar-refractivity contribution in [3.8, 4) is 0 Å². The SMILES string of the molecule is CCCN1CCCCc2cc(C(=O)N(C)CC(=O)NC)sc21. The second-order valence-electron chi connectivity index (χ2n) is 5.72. The van der Waals surface area contributed by atoms with E-state index in [4.69, 9.17) is 0 Å². The molecule has 122 valence electrons. The fraction of sp³-hybridized carbons (Fsp3) is 0.625. The lowest BCUT2D eigenvalue weighted by Crippen LogP contribution is -2.36. The van der Waals surface area contributed by atoms with Gasteiger partial charge in [-0.05, 0) is 37.3 Å². The maximum atomic E-state index is 12.5. The number of amides is 2. The van der Waals surface area contributed by atoms with Gasteiger partial charge in [0.05, 0.1) is 16.4 Å². The zero-order valence-electron chi connectivity index (χ0n) is 13.6. The number of rotatable bonds is 5. The molecule has 2 heterocycles. The highest BCUT2D eigenvalue weighted by Gasteiger charge is 2.23. The van der Waals surface area contributed by atoms with Crippen LogP contribution in [0.5, 0.6) is 0 Å². The van der Waals surface area contributed by atoms with Crippen molar-refractivity contribution in [2.24, 2.45) is 0 Å². The van der Waals surface area contributed by atoms with Crippen LogP contribution in [0.1, 0.15) is 41.4 Å². The summed E-state index contributed by atoms with van der Waals surface area (Å²) >= 11 is 1.57. The summed E-state index contributed by atoms with van der Waals surface area (Å²) in [5.41, 5.74) is 1.28. The Morgan fingerprint density at radius 2 is 2.18 bits per heavy atom. The van der Waals surface area contributed by atoms with E-state index in [1.54, 1.807) is 25.4 Å². The first-order valence-electron chi connectivity index (χ1n) is 7.90. The Bertz CT molecular complexity index is 541. The first-order valence-corrected chi connectivity index (χ1v) is 8.72. The van der Waals surface area contributed by atoms with Crippen LogP contribution in [0.2, 0.25) is 0 Å². The van der Waals surface area contributed by atoms with Gasteiger partial charge in [-0.15, -0.1) is 11.3 Å². The third-order valence-electron chi connectivity index (χ3n) is 3.91. The molecule has 0 radical (unpaired) electrons. The normalized spacial score (nSPS) is 14.2. The monoisotopic (exact) mass is 323 g/mol. The predicted molar refractivity (Wildman–Crippen MR) is 90.8 cm³/mol. The van der Waals surface area contributed by atoms with Crippen molar-refractivity contribution in [1.82, 2.24) is 10.2 Å². The molecule has 0 spiro atoms. The molecule has 2 rings (SSSR count). The van der Waals surface area contributed by atoms with Gasteiger partial charge in [-0.2, -0.15) is 0 Å². The van der Waals surface area contributed by atoms with Crippen LogP contribution in [0, 0.1) is 0 Å². The van der Waals surface area contributed by atoms with Crippen molar-refractivity contribution in [1.29, 1.82) is 0 Å². The number of hydrogen-bond acceptors (Lipinski definition) is 4. The molecule has 1 aliphatic rings. The van der Waals surface area contributed by atoms with E-state index >= 15 is 0 Å². The molecule has 0 aromatic carbocycles. The molecular formula is C16H25N3O2S. The molecule has 0 aliphatic carbocycles. The Morgan fingerprint density at radius 3 is 2.86 bits per heavy atom. The fourth-order valence-electron chi connectivity index (χ4n) is 2.73. The summed E-state index contributed by atoms with van der Waals surface area (Å²) in [6, 6.07) is 2.02. The van der Waals surface area contributed by atoms with Gasteiger partial charge in [-0.25, -0.2) is 0 Å². The van der Waals surface area contributed by atoms with Crippen molar-refractivity contribution in [2.45, 2.75) is 32.6 Å². The smallest absolute Gasteiger partial charge is 0.264 e. The maximum Gasteiger partial charge on any atom is 0.264 e. The van der Waals surface area contributed by atoms with Crippen LogP contribution in [0.25, 0.3) is 0 Å². The number of hydrogen-bond donors (Lipinski definition) is 1. The molecule has 6 heteroatoms. The quantitative estimate of drug-likeness (QED) is 0.903. The molecule has 1 aliphatic heterocycles. The Balaban J connectivity index is 2.18. The Morgan fingerprint density at radius 1 is 1.41 bits per heavy atom. The van der Waals surface area contributed by atoms with Gasteiger partial charge in [0.25, 0.3) is 5.91 Å². The number of nitrogens with zero attached hydrogens (tertiary/aromatic N) is 2. The Labute approximate surface area is 136 Å². The van der Waals surface area contributed by atoms with E-state index in [9.17, 15) is 9.59 Å². The van der Waals surface area contributed by atoms with Crippen molar-refractivity contribution < 1.29 is 9.59 Å². The second-order valence-corrected chi connectivity index (χ2v) is 6.75. The van der Waals surface area contributed by atoms with Crippen LogP contribution in [-0.4, -0.2) is 50.4 Å². The topological polar surface area (TPSA) is 52.7 Å². The average molecular weight is 323 g/mol. The Hall–Kier alpha value is -1.56. The molecule has 0 saturated heterocycles. The summed E-state index contributed by atoms with van der Waals surface area (Å²) in [6.45, 7) is 4.39. The second kappa shape index (κ2) is 7.63. The van der Waals surface area contributed by atoms with Gasteiger partial charge in [0.2, 0.25) is 5.91 Å². The molecule has 22 heavy (non-hydrogen) atoms. The molecule has 1 aromatic rings. The first-order chi connectivity index (χ1) is 10.6. The van der Waals surface area contributed by atoms with Crippen LogP contribution < -0.4 is 10.2 Å². The number of carbonyl (C=O) groups excluding carboxylic acids is 2. The Kier molecular flexibility index (Phi) is 5.83. The summed E-state index contributed by atoms with van der Waals surface area (Å²) in [7, 11) is 3.25. The van der Waals surface area contributed by atoms with E-state index < -0.39 is 0 Å². The summed E-state index contributed by atoms with van der Waals surface area (Å²) in [5.74, 6) is -0.222. The minimum atomic E-state index is -0.151. The predicted octanol–water partition coefficient (Wildman–Crippen LogP) is 2.12. The number of carbonyl (C=O) groups is 2.